The number of amides is 2. The summed E-state index contributed by atoms with van der Waals surface area (Å²) in [6.45, 7) is 6.71. The number of anilines is 1. The standard InChI is InChI=1S/C29H32N2O6/c1-4-35-29(34)37-25-16-12-23(13-17-25)28(33)30-19-22-10-14-24(15-11-22)31-26(32)9-6-18-36-27-20(2)7-5-8-21(27)3/h5,7-8,10-17H,4,6,9,18-19H2,1-3H3,(H,30,33)(H,31,32). The molecule has 8 heteroatoms. The molecule has 0 radical (unpaired) electrons. The molecule has 0 heterocycles. The molecule has 194 valence electrons. The van der Waals surface area contributed by atoms with Crippen LogP contribution in [-0.4, -0.2) is 31.2 Å². The number of carbonyl (C=O) groups is 3. The van der Waals surface area contributed by atoms with E-state index in [1.807, 2.05) is 44.2 Å². The lowest BCUT2D eigenvalue weighted by molar-refractivity contribution is -0.116. The molecule has 3 aromatic carbocycles. The third-order valence-electron chi connectivity index (χ3n) is 5.47. The van der Waals surface area contributed by atoms with Crippen molar-refractivity contribution in [3.8, 4) is 11.5 Å². The van der Waals surface area contributed by atoms with Gasteiger partial charge in [-0.3, -0.25) is 9.59 Å². The molecule has 3 aromatic rings. The summed E-state index contributed by atoms with van der Waals surface area (Å²) in [7, 11) is 0. The number of carbonyl (C=O) groups excluding carboxylic acids is 3. The fraction of sp³-hybridized carbons (Fsp3) is 0.276. The van der Waals surface area contributed by atoms with Gasteiger partial charge in [0.15, 0.2) is 0 Å². The molecule has 0 saturated heterocycles. The Bertz CT molecular complexity index is 1190. The van der Waals surface area contributed by atoms with Gasteiger partial charge in [0.1, 0.15) is 11.5 Å². The highest BCUT2D eigenvalue weighted by Gasteiger charge is 2.09. The Kier molecular flexibility index (Phi) is 10.1. The summed E-state index contributed by atoms with van der Waals surface area (Å²) in [4.78, 5) is 36.0. The fourth-order valence-electron chi connectivity index (χ4n) is 3.57. The van der Waals surface area contributed by atoms with Gasteiger partial charge in [-0.1, -0.05) is 30.3 Å². The molecule has 0 bridgehead atoms. The van der Waals surface area contributed by atoms with E-state index < -0.39 is 6.16 Å². The summed E-state index contributed by atoms with van der Waals surface area (Å²) in [5, 5.41) is 5.72. The van der Waals surface area contributed by atoms with E-state index in [9.17, 15) is 14.4 Å². The number of para-hydroxylation sites is 1. The summed E-state index contributed by atoms with van der Waals surface area (Å²) in [5.74, 6) is 0.830. The van der Waals surface area contributed by atoms with E-state index in [1.165, 1.54) is 12.1 Å². The number of hydrogen-bond acceptors (Lipinski definition) is 6. The number of hydrogen-bond donors (Lipinski definition) is 2. The van der Waals surface area contributed by atoms with Gasteiger partial charge in [0, 0.05) is 24.2 Å². The topological polar surface area (TPSA) is 103 Å². The quantitative estimate of drug-likeness (QED) is 0.201. The molecule has 0 aliphatic carbocycles. The minimum Gasteiger partial charge on any atom is -0.493 e. The minimum absolute atomic E-state index is 0.0819. The van der Waals surface area contributed by atoms with Gasteiger partial charge in [0.05, 0.1) is 13.2 Å². The molecule has 0 saturated carbocycles. The van der Waals surface area contributed by atoms with Crippen LogP contribution in [0.4, 0.5) is 10.5 Å². The lowest BCUT2D eigenvalue weighted by Gasteiger charge is -2.12. The molecule has 0 fully saturated rings. The number of ether oxygens (including phenoxy) is 3. The average molecular weight is 505 g/mol. The van der Waals surface area contributed by atoms with Crippen LogP contribution in [0, 0.1) is 13.8 Å². The van der Waals surface area contributed by atoms with Crippen LogP contribution in [0.5, 0.6) is 11.5 Å². The summed E-state index contributed by atoms with van der Waals surface area (Å²) >= 11 is 0. The third kappa shape index (κ3) is 8.68. The van der Waals surface area contributed by atoms with Gasteiger partial charge < -0.3 is 24.8 Å². The molecule has 37 heavy (non-hydrogen) atoms. The maximum Gasteiger partial charge on any atom is 0.513 e. The van der Waals surface area contributed by atoms with Crippen LogP contribution in [0.2, 0.25) is 0 Å². The molecular weight excluding hydrogens is 472 g/mol. The molecule has 8 nitrogen and oxygen atoms in total. The first-order chi connectivity index (χ1) is 17.9. The zero-order valence-electron chi connectivity index (χ0n) is 21.3. The van der Waals surface area contributed by atoms with Gasteiger partial charge in [0.25, 0.3) is 5.91 Å². The highest BCUT2D eigenvalue weighted by atomic mass is 16.7. The van der Waals surface area contributed by atoms with Crippen LogP contribution in [0.25, 0.3) is 0 Å². The first kappa shape index (κ1) is 27.3. The first-order valence-corrected chi connectivity index (χ1v) is 12.2. The Morgan fingerprint density at radius 1 is 0.865 bits per heavy atom. The molecule has 3 rings (SSSR count). The van der Waals surface area contributed by atoms with Gasteiger partial charge in [0.2, 0.25) is 5.91 Å². The maximum atomic E-state index is 12.4. The van der Waals surface area contributed by atoms with Crippen molar-refractivity contribution in [2.45, 2.75) is 40.2 Å². The van der Waals surface area contributed by atoms with E-state index in [0.717, 1.165) is 22.4 Å². The zero-order chi connectivity index (χ0) is 26.6. The Morgan fingerprint density at radius 3 is 2.19 bits per heavy atom. The van der Waals surface area contributed by atoms with Crippen LogP contribution >= 0.6 is 0 Å². The van der Waals surface area contributed by atoms with Crippen molar-refractivity contribution in [2.75, 3.05) is 18.5 Å². The number of aryl methyl sites for hydroxylation is 2. The molecule has 0 aromatic heterocycles. The molecule has 2 amide bonds. The second kappa shape index (κ2) is 13.7. The van der Waals surface area contributed by atoms with Gasteiger partial charge in [-0.2, -0.15) is 0 Å². The van der Waals surface area contributed by atoms with E-state index in [4.69, 9.17) is 14.2 Å². The number of nitrogens with one attached hydrogen (secondary N) is 2. The lowest BCUT2D eigenvalue weighted by atomic mass is 10.1. The van der Waals surface area contributed by atoms with Crippen molar-refractivity contribution in [3.63, 3.8) is 0 Å². The van der Waals surface area contributed by atoms with Gasteiger partial charge in [-0.05, 0) is 80.3 Å². The van der Waals surface area contributed by atoms with Crippen molar-refractivity contribution in [3.05, 3.63) is 89.0 Å². The fourth-order valence-corrected chi connectivity index (χ4v) is 3.57. The molecule has 0 unspecified atom stereocenters. The summed E-state index contributed by atoms with van der Waals surface area (Å²) in [5.41, 5.74) is 4.17. The highest BCUT2D eigenvalue weighted by molar-refractivity contribution is 5.94. The molecular formula is C29H32N2O6. The summed E-state index contributed by atoms with van der Waals surface area (Å²) in [6, 6.07) is 19.5. The van der Waals surface area contributed by atoms with Crippen molar-refractivity contribution in [2.24, 2.45) is 0 Å². The predicted molar refractivity (Wildman–Crippen MR) is 141 cm³/mol. The van der Waals surface area contributed by atoms with Crippen LogP contribution in [0.3, 0.4) is 0 Å². The van der Waals surface area contributed by atoms with Gasteiger partial charge in [-0.15, -0.1) is 0 Å². The van der Waals surface area contributed by atoms with Gasteiger partial charge >= 0.3 is 6.16 Å². The Hall–Kier alpha value is -4.33. The highest BCUT2D eigenvalue weighted by Crippen LogP contribution is 2.22. The third-order valence-corrected chi connectivity index (χ3v) is 5.47. The van der Waals surface area contributed by atoms with Crippen molar-refractivity contribution in [1.29, 1.82) is 0 Å². The van der Waals surface area contributed by atoms with E-state index in [-0.39, 0.29) is 18.4 Å². The Morgan fingerprint density at radius 2 is 1.54 bits per heavy atom. The molecule has 0 atom stereocenters. The van der Waals surface area contributed by atoms with Crippen molar-refractivity contribution < 1.29 is 28.6 Å². The van der Waals surface area contributed by atoms with E-state index >= 15 is 0 Å². The molecule has 0 spiro atoms. The van der Waals surface area contributed by atoms with E-state index in [1.54, 1.807) is 31.2 Å². The Labute approximate surface area is 216 Å². The van der Waals surface area contributed by atoms with Crippen molar-refractivity contribution in [1.82, 2.24) is 5.32 Å². The van der Waals surface area contributed by atoms with Crippen molar-refractivity contribution >= 4 is 23.7 Å². The summed E-state index contributed by atoms with van der Waals surface area (Å²) < 4.78 is 15.6. The van der Waals surface area contributed by atoms with Crippen LogP contribution in [-0.2, 0) is 16.1 Å². The predicted octanol–water partition coefficient (Wildman–Crippen LogP) is 5.57. The van der Waals surface area contributed by atoms with Crippen LogP contribution in [0.15, 0.2) is 66.7 Å². The van der Waals surface area contributed by atoms with Gasteiger partial charge in [-0.25, -0.2) is 4.79 Å². The number of rotatable bonds is 11. The largest absolute Gasteiger partial charge is 0.513 e. The van der Waals surface area contributed by atoms with E-state index in [2.05, 4.69) is 10.6 Å². The first-order valence-electron chi connectivity index (χ1n) is 12.2. The second-order valence-electron chi connectivity index (χ2n) is 8.41. The normalized spacial score (nSPS) is 10.4. The maximum absolute atomic E-state index is 12.4. The molecule has 2 N–H and O–H groups in total. The summed E-state index contributed by atoms with van der Waals surface area (Å²) in [6.07, 6.45) is 0.174. The smallest absolute Gasteiger partial charge is 0.493 e. The average Bonchev–Trinajstić information content (AvgIpc) is 2.88. The Balaban J connectivity index is 1.38. The minimum atomic E-state index is -0.790. The van der Waals surface area contributed by atoms with E-state index in [0.29, 0.717) is 43.0 Å². The van der Waals surface area contributed by atoms with Crippen LogP contribution < -0.4 is 20.1 Å². The molecule has 0 aliphatic rings. The molecule has 0 aliphatic heterocycles. The monoisotopic (exact) mass is 504 g/mol. The van der Waals surface area contributed by atoms with Crippen LogP contribution in [0.1, 0.15) is 46.8 Å². The zero-order valence-corrected chi connectivity index (χ0v) is 21.3. The second-order valence-corrected chi connectivity index (χ2v) is 8.41. The SMILES string of the molecule is CCOC(=O)Oc1ccc(C(=O)NCc2ccc(NC(=O)CCCOc3c(C)cccc3C)cc2)cc1. The number of benzene rings is 3. The lowest BCUT2D eigenvalue weighted by Crippen LogP contribution is -2.22.